The first-order chi connectivity index (χ1) is 14.7. The first-order valence-electron chi connectivity index (χ1n) is 10.6. The largest absolute Gasteiger partial charge is 0.494 e. The number of carboxylic acids is 1. The molecule has 2 aliphatic rings. The number of hydrogen-bond donors (Lipinski definition) is 3. The lowest BCUT2D eigenvalue weighted by molar-refractivity contribution is 0.0695. The maximum atomic E-state index is 12.9. The van der Waals surface area contributed by atoms with E-state index >= 15 is 0 Å². The first kappa shape index (κ1) is 20.3. The highest BCUT2D eigenvalue weighted by molar-refractivity contribution is 7.15. The van der Waals surface area contributed by atoms with Crippen LogP contribution < -0.4 is 15.9 Å². The molecule has 2 aliphatic carbocycles. The van der Waals surface area contributed by atoms with Crippen LogP contribution in [0.3, 0.4) is 0 Å². The van der Waals surface area contributed by atoms with E-state index in [1.165, 1.54) is 16.6 Å². The number of pyridine rings is 1. The Morgan fingerprint density at radius 1 is 1.32 bits per heavy atom. The number of nitrogens with one attached hydrogen (secondary N) is 1. The van der Waals surface area contributed by atoms with Crippen molar-refractivity contribution in [1.29, 1.82) is 0 Å². The van der Waals surface area contributed by atoms with Crippen LogP contribution in [-0.2, 0) is 6.42 Å². The normalized spacial score (nSPS) is 19.9. The molecular formula is C24H26N2O4S. The van der Waals surface area contributed by atoms with Gasteiger partial charge in [-0.15, -0.1) is 11.3 Å². The number of rotatable bonds is 4. The van der Waals surface area contributed by atoms with Crippen molar-refractivity contribution in [3.05, 3.63) is 50.1 Å². The average molecular weight is 439 g/mol. The quantitative estimate of drug-likeness (QED) is 0.542. The van der Waals surface area contributed by atoms with E-state index in [2.05, 4.69) is 24.9 Å². The number of aromatic nitrogens is 1. The second-order valence-electron chi connectivity index (χ2n) is 9.37. The van der Waals surface area contributed by atoms with Gasteiger partial charge in [-0.2, -0.15) is 0 Å². The molecule has 0 saturated heterocycles. The predicted octanol–water partition coefficient (Wildman–Crippen LogP) is 4.81. The number of ether oxygens (including phenoxy) is 1. The molecule has 1 aromatic carbocycles. The minimum Gasteiger partial charge on any atom is -0.494 e. The van der Waals surface area contributed by atoms with Crippen molar-refractivity contribution >= 4 is 28.2 Å². The molecule has 1 unspecified atom stereocenters. The van der Waals surface area contributed by atoms with Gasteiger partial charge in [-0.05, 0) is 60.3 Å². The number of carbonyl (C=O) groups is 1. The summed E-state index contributed by atoms with van der Waals surface area (Å²) in [6.07, 6.45) is 5.41. The van der Waals surface area contributed by atoms with E-state index in [1.54, 1.807) is 18.4 Å². The van der Waals surface area contributed by atoms with Crippen LogP contribution in [0.1, 0.15) is 71.4 Å². The van der Waals surface area contributed by atoms with Gasteiger partial charge in [-0.25, -0.2) is 4.79 Å². The Bertz CT molecular complexity index is 1280. The van der Waals surface area contributed by atoms with Crippen LogP contribution in [0.2, 0.25) is 0 Å². The summed E-state index contributed by atoms with van der Waals surface area (Å²) in [6, 6.07) is 4.09. The van der Waals surface area contributed by atoms with Crippen LogP contribution in [-0.4, -0.2) is 23.2 Å². The van der Waals surface area contributed by atoms with E-state index < -0.39 is 11.4 Å². The number of thiophene rings is 1. The van der Waals surface area contributed by atoms with E-state index in [0.29, 0.717) is 22.6 Å². The van der Waals surface area contributed by atoms with Gasteiger partial charge in [-0.1, -0.05) is 13.8 Å². The molecule has 4 N–H and O–H groups in total. The van der Waals surface area contributed by atoms with Crippen LogP contribution in [0.25, 0.3) is 21.3 Å². The van der Waals surface area contributed by atoms with Crippen molar-refractivity contribution in [2.45, 2.75) is 51.5 Å². The molecule has 3 aromatic rings. The minimum atomic E-state index is -1.23. The number of H-pyrrole nitrogens is 1. The number of benzene rings is 1. The van der Waals surface area contributed by atoms with Crippen molar-refractivity contribution in [2.24, 2.45) is 11.1 Å². The molecule has 1 saturated carbocycles. The van der Waals surface area contributed by atoms with Crippen molar-refractivity contribution < 1.29 is 14.6 Å². The molecule has 2 heterocycles. The van der Waals surface area contributed by atoms with Gasteiger partial charge in [0, 0.05) is 27.6 Å². The molecule has 162 valence electrons. The van der Waals surface area contributed by atoms with Crippen molar-refractivity contribution in [3.63, 3.8) is 0 Å². The third-order valence-electron chi connectivity index (χ3n) is 6.86. The highest BCUT2D eigenvalue weighted by atomic mass is 32.1. The van der Waals surface area contributed by atoms with Crippen LogP contribution in [0.4, 0.5) is 0 Å². The highest BCUT2D eigenvalue weighted by Crippen LogP contribution is 2.53. The SMILES string of the molecule is COc1c(-c2cc3c(s2)C(N)C(C)(C)CC3)c(C2CC2)cc2c(=O)c(C(=O)O)c[nH]c12. The van der Waals surface area contributed by atoms with Crippen LogP contribution in [0.5, 0.6) is 5.75 Å². The second kappa shape index (κ2) is 6.93. The van der Waals surface area contributed by atoms with Gasteiger partial charge in [0.1, 0.15) is 5.56 Å². The smallest absolute Gasteiger partial charge is 0.341 e. The third kappa shape index (κ3) is 3.10. The lowest BCUT2D eigenvalue weighted by atomic mass is 9.74. The zero-order chi connectivity index (χ0) is 22.1. The molecule has 0 spiro atoms. The predicted molar refractivity (Wildman–Crippen MR) is 122 cm³/mol. The monoisotopic (exact) mass is 438 g/mol. The van der Waals surface area contributed by atoms with E-state index in [9.17, 15) is 14.7 Å². The number of aromatic amines is 1. The van der Waals surface area contributed by atoms with E-state index in [0.717, 1.165) is 41.7 Å². The third-order valence-corrected chi connectivity index (χ3v) is 8.14. The van der Waals surface area contributed by atoms with Crippen molar-refractivity contribution in [3.8, 4) is 16.2 Å². The number of nitrogens with two attached hydrogens (primary N) is 1. The zero-order valence-corrected chi connectivity index (χ0v) is 18.7. The fourth-order valence-electron chi connectivity index (χ4n) is 4.68. The molecule has 0 aliphatic heterocycles. The molecule has 1 fully saturated rings. The summed E-state index contributed by atoms with van der Waals surface area (Å²) in [6.45, 7) is 4.44. The molecule has 0 bridgehead atoms. The Balaban J connectivity index is 1.78. The molecule has 7 heteroatoms. The Morgan fingerprint density at radius 2 is 2.06 bits per heavy atom. The Labute approximate surface area is 184 Å². The summed E-state index contributed by atoms with van der Waals surface area (Å²) in [5, 5.41) is 9.74. The fraction of sp³-hybridized carbons (Fsp3) is 0.417. The Hall–Kier alpha value is -2.64. The Kier molecular flexibility index (Phi) is 4.53. The molecule has 5 rings (SSSR count). The summed E-state index contributed by atoms with van der Waals surface area (Å²) in [5.74, 6) is -0.285. The maximum Gasteiger partial charge on any atom is 0.341 e. The zero-order valence-electron chi connectivity index (χ0n) is 17.9. The van der Waals surface area contributed by atoms with Crippen LogP contribution in [0, 0.1) is 5.41 Å². The number of fused-ring (bicyclic) bond motifs is 2. The lowest BCUT2D eigenvalue weighted by Gasteiger charge is -2.35. The van der Waals surface area contributed by atoms with E-state index in [1.807, 2.05) is 6.07 Å². The summed E-state index contributed by atoms with van der Waals surface area (Å²) >= 11 is 1.72. The molecule has 6 nitrogen and oxygen atoms in total. The van der Waals surface area contributed by atoms with Gasteiger partial charge < -0.3 is 20.6 Å². The number of aryl methyl sites for hydroxylation is 1. The van der Waals surface area contributed by atoms with E-state index in [-0.39, 0.29) is 17.0 Å². The fourth-order valence-corrected chi connectivity index (χ4v) is 6.17. The second-order valence-corrected chi connectivity index (χ2v) is 10.5. The summed E-state index contributed by atoms with van der Waals surface area (Å²) < 4.78 is 5.84. The first-order valence-corrected chi connectivity index (χ1v) is 11.4. The van der Waals surface area contributed by atoms with E-state index in [4.69, 9.17) is 10.5 Å². The topological polar surface area (TPSA) is 105 Å². The Morgan fingerprint density at radius 3 is 2.71 bits per heavy atom. The highest BCUT2D eigenvalue weighted by Gasteiger charge is 2.37. The van der Waals surface area contributed by atoms with Gasteiger partial charge in [-0.3, -0.25) is 4.79 Å². The van der Waals surface area contributed by atoms with Gasteiger partial charge in [0.25, 0.3) is 0 Å². The molecular weight excluding hydrogens is 412 g/mol. The lowest BCUT2D eigenvalue weighted by Crippen LogP contribution is -2.32. The number of carboxylic acid groups (broad SMARTS) is 1. The molecule has 2 aromatic heterocycles. The number of hydrogen-bond acceptors (Lipinski definition) is 5. The number of methoxy groups -OCH3 is 1. The summed E-state index contributed by atoms with van der Waals surface area (Å²) in [5.41, 5.74) is 9.83. The van der Waals surface area contributed by atoms with Crippen molar-refractivity contribution in [1.82, 2.24) is 4.98 Å². The van der Waals surface area contributed by atoms with Crippen LogP contribution >= 0.6 is 11.3 Å². The van der Waals surface area contributed by atoms with Gasteiger partial charge in [0.15, 0.2) is 5.75 Å². The van der Waals surface area contributed by atoms with Crippen LogP contribution in [0.15, 0.2) is 23.1 Å². The van der Waals surface area contributed by atoms with Gasteiger partial charge in [0.2, 0.25) is 5.43 Å². The standard InChI is InChI=1S/C24H26N2O4S/c1-24(2)7-6-12-8-16(31-21(12)22(24)25)17-13(11-4-5-11)9-14-18(20(17)30-3)26-10-15(19(14)27)23(28)29/h8-11,22H,4-7,25H2,1-3H3,(H,26,27)(H,28,29). The number of aromatic carboxylic acids is 1. The average Bonchev–Trinajstić information content (AvgIpc) is 3.48. The molecule has 0 amide bonds. The minimum absolute atomic E-state index is 0.0104. The molecule has 1 atom stereocenters. The summed E-state index contributed by atoms with van der Waals surface area (Å²) in [7, 11) is 1.60. The maximum absolute atomic E-state index is 12.9. The van der Waals surface area contributed by atoms with Gasteiger partial charge in [0.05, 0.1) is 18.0 Å². The molecule has 0 radical (unpaired) electrons. The van der Waals surface area contributed by atoms with Crippen molar-refractivity contribution in [2.75, 3.05) is 7.11 Å². The summed E-state index contributed by atoms with van der Waals surface area (Å²) in [4.78, 5) is 29.7. The van der Waals surface area contributed by atoms with Gasteiger partial charge >= 0.3 is 5.97 Å². The molecule has 31 heavy (non-hydrogen) atoms.